The van der Waals surface area contributed by atoms with Gasteiger partial charge in [0.2, 0.25) is 5.91 Å². The Hall–Kier alpha value is -2.54. The van der Waals surface area contributed by atoms with E-state index in [-0.39, 0.29) is 12.5 Å². The first-order valence-corrected chi connectivity index (χ1v) is 7.58. The second-order valence-electron chi connectivity index (χ2n) is 5.31. The van der Waals surface area contributed by atoms with Crippen LogP contribution >= 0.6 is 0 Å². The SMILES string of the molecule is Cc1cc(NCC(=O)N2CCOCC2)nc(-c2cccnc2)n1. The van der Waals surface area contributed by atoms with Crippen molar-refractivity contribution in [1.82, 2.24) is 19.9 Å². The number of nitrogens with zero attached hydrogens (tertiary/aromatic N) is 4. The maximum atomic E-state index is 12.2. The molecule has 0 aliphatic carbocycles. The highest BCUT2D eigenvalue weighted by Gasteiger charge is 2.16. The van der Waals surface area contributed by atoms with Crippen LogP contribution in [0.1, 0.15) is 5.69 Å². The van der Waals surface area contributed by atoms with Crippen molar-refractivity contribution >= 4 is 11.7 Å². The Bertz CT molecular complexity index is 671. The molecule has 0 saturated carbocycles. The Morgan fingerprint density at radius 2 is 2.17 bits per heavy atom. The molecule has 0 spiro atoms. The topological polar surface area (TPSA) is 80.2 Å². The lowest BCUT2D eigenvalue weighted by molar-refractivity contribution is -0.133. The van der Waals surface area contributed by atoms with E-state index in [1.807, 2.05) is 25.1 Å². The van der Waals surface area contributed by atoms with E-state index in [1.54, 1.807) is 17.3 Å². The van der Waals surface area contributed by atoms with Gasteiger partial charge < -0.3 is 15.0 Å². The molecule has 120 valence electrons. The van der Waals surface area contributed by atoms with Gasteiger partial charge in [-0.1, -0.05) is 0 Å². The van der Waals surface area contributed by atoms with E-state index in [4.69, 9.17) is 4.74 Å². The summed E-state index contributed by atoms with van der Waals surface area (Å²) in [5.74, 6) is 1.28. The number of carbonyl (C=O) groups excluding carboxylic acids is 1. The summed E-state index contributed by atoms with van der Waals surface area (Å²) in [5.41, 5.74) is 1.68. The van der Waals surface area contributed by atoms with Gasteiger partial charge in [-0.05, 0) is 19.1 Å². The van der Waals surface area contributed by atoms with E-state index in [2.05, 4.69) is 20.3 Å². The molecule has 1 N–H and O–H groups in total. The van der Waals surface area contributed by atoms with Crippen LogP contribution in [-0.4, -0.2) is 58.6 Å². The second-order valence-corrected chi connectivity index (χ2v) is 5.31. The zero-order chi connectivity index (χ0) is 16.1. The molecule has 7 heteroatoms. The molecular formula is C16H19N5O2. The van der Waals surface area contributed by atoms with Gasteiger partial charge in [-0.3, -0.25) is 9.78 Å². The number of ether oxygens (including phenoxy) is 1. The van der Waals surface area contributed by atoms with Crippen molar-refractivity contribution in [2.24, 2.45) is 0 Å². The first-order valence-electron chi connectivity index (χ1n) is 7.58. The van der Waals surface area contributed by atoms with Gasteiger partial charge in [-0.25, -0.2) is 9.97 Å². The number of aromatic nitrogens is 3. The second kappa shape index (κ2) is 7.15. The summed E-state index contributed by atoms with van der Waals surface area (Å²) in [4.78, 5) is 26.9. The summed E-state index contributed by atoms with van der Waals surface area (Å²) in [7, 11) is 0. The maximum Gasteiger partial charge on any atom is 0.242 e. The third kappa shape index (κ3) is 4.01. The fraction of sp³-hybridized carbons (Fsp3) is 0.375. The van der Waals surface area contributed by atoms with Crippen LogP contribution in [0.2, 0.25) is 0 Å². The minimum atomic E-state index is 0.0486. The summed E-state index contributed by atoms with van der Waals surface area (Å²) in [5, 5.41) is 3.09. The summed E-state index contributed by atoms with van der Waals surface area (Å²) >= 11 is 0. The number of hydrogen-bond donors (Lipinski definition) is 1. The number of aryl methyl sites for hydroxylation is 1. The van der Waals surface area contributed by atoms with Gasteiger partial charge in [-0.15, -0.1) is 0 Å². The molecule has 0 unspecified atom stereocenters. The quantitative estimate of drug-likeness (QED) is 0.911. The van der Waals surface area contributed by atoms with E-state index in [1.165, 1.54) is 0 Å². The van der Waals surface area contributed by atoms with Crippen molar-refractivity contribution in [2.75, 3.05) is 38.2 Å². The molecule has 0 radical (unpaired) electrons. The van der Waals surface area contributed by atoms with E-state index in [0.717, 1.165) is 11.3 Å². The fourth-order valence-corrected chi connectivity index (χ4v) is 2.37. The lowest BCUT2D eigenvalue weighted by atomic mass is 10.2. The van der Waals surface area contributed by atoms with Crippen LogP contribution in [0.15, 0.2) is 30.6 Å². The van der Waals surface area contributed by atoms with Crippen molar-refractivity contribution in [3.05, 3.63) is 36.3 Å². The van der Waals surface area contributed by atoms with Crippen molar-refractivity contribution in [1.29, 1.82) is 0 Å². The number of anilines is 1. The van der Waals surface area contributed by atoms with Crippen LogP contribution in [0.5, 0.6) is 0 Å². The molecule has 1 fully saturated rings. The van der Waals surface area contributed by atoms with Crippen molar-refractivity contribution in [2.45, 2.75) is 6.92 Å². The first-order chi connectivity index (χ1) is 11.2. The zero-order valence-corrected chi connectivity index (χ0v) is 13.0. The van der Waals surface area contributed by atoms with Gasteiger partial charge in [0.25, 0.3) is 0 Å². The van der Waals surface area contributed by atoms with Gasteiger partial charge in [0.05, 0.1) is 19.8 Å². The van der Waals surface area contributed by atoms with Crippen LogP contribution in [0.4, 0.5) is 5.82 Å². The fourth-order valence-electron chi connectivity index (χ4n) is 2.37. The Labute approximate surface area is 134 Å². The van der Waals surface area contributed by atoms with E-state index < -0.39 is 0 Å². The monoisotopic (exact) mass is 313 g/mol. The third-order valence-electron chi connectivity index (χ3n) is 3.56. The average molecular weight is 313 g/mol. The predicted molar refractivity (Wildman–Crippen MR) is 85.9 cm³/mol. The third-order valence-corrected chi connectivity index (χ3v) is 3.56. The molecule has 3 rings (SSSR count). The minimum Gasteiger partial charge on any atom is -0.378 e. The van der Waals surface area contributed by atoms with Gasteiger partial charge >= 0.3 is 0 Å². The lowest BCUT2D eigenvalue weighted by Crippen LogP contribution is -2.43. The Morgan fingerprint density at radius 3 is 2.91 bits per heavy atom. The van der Waals surface area contributed by atoms with Crippen molar-refractivity contribution in [3.63, 3.8) is 0 Å². The molecule has 1 aliphatic rings. The molecule has 7 nitrogen and oxygen atoms in total. The van der Waals surface area contributed by atoms with E-state index in [0.29, 0.717) is 37.9 Å². The van der Waals surface area contributed by atoms with Gasteiger partial charge in [-0.2, -0.15) is 0 Å². The zero-order valence-electron chi connectivity index (χ0n) is 13.0. The first kappa shape index (κ1) is 15.4. The Balaban J connectivity index is 1.68. The lowest BCUT2D eigenvalue weighted by Gasteiger charge is -2.27. The number of morpholine rings is 1. The summed E-state index contributed by atoms with van der Waals surface area (Å²) < 4.78 is 5.25. The van der Waals surface area contributed by atoms with Crippen LogP contribution in [0.25, 0.3) is 11.4 Å². The maximum absolute atomic E-state index is 12.2. The van der Waals surface area contributed by atoms with Gasteiger partial charge in [0.1, 0.15) is 5.82 Å². The molecule has 1 saturated heterocycles. The summed E-state index contributed by atoms with van der Waals surface area (Å²) in [6.07, 6.45) is 3.43. The molecular weight excluding hydrogens is 294 g/mol. The van der Waals surface area contributed by atoms with Gasteiger partial charge in [0, 0.05) is 42.8 Å². The number of pyridine rings is 1. The van der Waals surface area contributed by atoms with E-state index in [9.17, 15) is 4.79 Å². The normalized spacial score (nSPS) is 14.6. The minimum absolute atomic E-state index is 0.0486. The number of carbonyl (C=O) groups is 1. The number of amides is 1. The largest absolute Gasteiger partial charge is 0.378 e. The van der Waals surface area contributed by atoms with Crippen LogP contribution < -0.4 is 5.32 Å². The summed E-state index contributed by atoms with van der Waals surface area (Å²) in [6, 6.07) is 5.58. The number of hydrogen-bond acceptors (Lipinski definition) is 6. The van der Waals surface area contributed by atoms with Gasteiger partial charge in [0.15, 0.2) is 5.82 Å². The number of nitrogens with one attached hydrogen (secondary N) is 1. The predicted octanol–water partition coefficient (Wildman–Crippen LogP) is 1.12. The number of rotatable bonds is 4. The van der Waals surface area contributed by atoms with E-state index >= 15 is 0 Å². The molecule has 2 aromatic heterocycles. The Kier molecular flexibility index (Phi) is 4.77. The van der Waals surface area contributed by atoms with Crippen LogP contribution in [0.3, 0.4) is 0 Å². The van der Waals surface area contributed by atoms with Crippen molar-refractivity contribution < 1.29 is 9.53 Å². The molecule has 0 bridgehead atoms. The smallest absolute Gasteiger partial charge is 0.242 e. The standard InChI is InChI=1S/C16H19N5O2/c1-12-9-14(18-11-15(22)21-5-7-23-8-6-21)20-16(19-12)13-3-2-4-17-10-13/h2-4,9-10H,5-8,11H2,1H3,(H,18,19,20). The molecule has 0 atom stereocenters. The molecule has 0 aromatic carbocycles. The summed E-state index contributed by atoms with van der Waals surface area (Å²) in [6.45, 7) is 4.60. The highest BCUT2D eigenvalue weighted by atomic mass is 16.5. The van der Waals surface area contributed by atoms with Crippen LogP contribution in [-0.2, 0) is 9.53 Å². The molecule has 23 heavy (non-hydrogen) atoms. The molecule has 1 aliphatic heterocycles. The average Bonchev–Trinajstić information content (AvgIpc) is 2.61. The Morgan fingerprint density at radius 1 is 1.35 bits per heavy atom. The van der Waals surface area contributed by atoms with Crippen LogP contribution in [0, 0.1) is 6.92 Å². The van der Waals surface area contributed by atoms with Crippen molar-refractivity contribution in [3.8, 4) is 11.4 Å². The highest BCUT2D eigenvalue weighted by Crippen LogP contribution is 2.16. The molecule has 3 heterocycles. The molecule has 2 aromatic rings. The highest BCUT2D eigenvalue weighted by molar-refractivity contribution is 5.80. The molecule has 1 amide bonds.